The summed E-state index contributed by atoms with van der Waals surface area (Å²) in [6.07, 6.45) is 4.08. The van der Waals surface area contributed by atoms with Crippen molar-refractivity contribution in [2.75, 3.05) is 20.3 Å². The van der Waals surface area contributed by atoms with Crippen LogP contribution in [-0.2, 0) is 18.3 Å². The van der Waals surface area contributed by atoms with Gasteiger partial charge >= 0.3 is 5.69 Å². The lowest BCUT2D eigenvalue weighted by molar-refractivity contribution is 0.0916. The number of carbonyl (C=O) groups is 1. The van der Waals surface area contributed by atoms with Crippen molar-refractivity contribution in [3.8, 4) is 16.8 Å². The van der Waals surface area contributed by atoms with E-state index in [2.05, 4.69) is 32.8 Å². The minimum atomic E-state index is -0.658. The summed E-state index contributed by atoms with van der Waals surface area (Å²) in [7, 11) is 3.48. The van der Waals surface area contributed by atoms with Crippen LogP contribution in [0.1, 0.15) is 59.9 Å². The number of aryl methyl sites for hydroxylation is 2. The molecule has 1 fully saturated rings. The van der Waals surface area contributed by atoms with E-state index in [9.17, 15) is 18.8 Å². The second kappa shape index (κ2) is 14.4. The zero-order valence-electron chi connectivity index (χ0n) is 27.4. The highest BCUT2D eigenvalue weighted by atomic mass is 19.1. The van der Waals surface area contributed by atoms with Gasteiger partial charge in [0.1, 0.15) is 11.5 Å². The van der Waals surface area contributed by atoms with E-state index in [-0.39, 0.29) is 23.0 Å². The number of pyridine rings is 1. The molecule has 11 nitrogen and oxygen atoms in total. The van der Waals surface area contributed by atoms with Gasteiger partial charge in [0, 0.05) is 45.1 Å². The minimum Gasteiger partial charge on any atom is -0.385 e. The highest BCUT2D eigenvalue weighted by Crippen LogP contribution is 2.28. The van der Waals surface area contributed by atoms with Gasteiger partial charge in [-0.2, -0.15) is 5.10 Å². The largest absolute Gasteiger partial charge is 0.385 e. The Morgan fingerprint density at radius 2 is 1.79 bits per heavy atom. The lowest BCUT2D eigenvalue weighted by Gasteiger charge is -2.30. The Hall–Kier alpha value is -4.94. The molecule has 1 amide bonds. The van der Waals surface area contributed by atoms with Crippen molar-refractivity contribution in [2.45, 2.75) is 57.7 Å². The molecule has 1 saturated carbocycles. The molecule has 48 heavy (non-hydrogen) atoms. The van der Waals surface area contributed by atoms with E-state index in [0.29, 0.717) is 37.1 Å². The van der Waals surface area contributed by atoms with E-state index in [1.165, 1.54) is 9.13 Å². The highest BCUT2D eigenvalue weighted by Gasteiger charge is 2.28. The van der Waals surface area contributed by atoms with E-state index < -0.39 is 23.1 Å². The molecule has 2 N–H and O–H groups in total. The fourth-order valence-electron chi connectivity index (χ4n) is 6.36. The molecule has 3 heterocycles. The smallest absolute Gasteiger partial charge is 0.337 e. The van der Waals surface area contributed by atoms with Crippen molar-refractivity contribution in [1.29, 1.82) is 0 Å². The zero-order chi connectivity index (χ0) is 33.8. The summed E-state index contributed by atoms with van der Waals surface area (Å²) in [5.41, 5.74) is 3.73. The summed E-state index contributed by atoms with van der Waals surface area (Å²) >= 11 is 0. The summed E-state index contributed by atoms with van der Waals surface area (Å²) in [6, 6.07) is 18.0. The molecular formula is C36H40FN7O4. The Balaban J connectivity index is 1.26. The molecule has 6 rings (SSSR count). The Morgan fingerprint density at radius 3 is 2.50 bits per heavy atom. The van der Waals surface area contributed by atoms with Crippen LogP contribution < -0.4 is 21.9 Å². The summed E-state index contributed by atoms with van der Waals surface area (Å²) in [6.45, 7) is 4.21. The molecule has 0 spiro atoms. The quantitative estimate of drug-likeness (QED) is 0.202. The van der Waals surface area contributed by atoms with E-state index in [1.807, 2.05) is 37.3 Å². The number of carbonyl (C=O) groups excluding carboxylic acids is 1. The molecule has 0 saturated heterocycles. The van der Waals surface area contributed by atoms with Gasteiger partial charge in [-0.25, -0.2) is 18.7 Å². The van der Waals surface area contributed by atoms with Crippen LogP contribution in [0.4, 0.5) is 4.39 Å². The van der Waals surface area contributed by atoms with E-state index in [0.717, 1.165) is 60.8 Å². The third-order valence-corrected chi connectivity index (χ3v) is 9.06. The van der Waals surface area contributed by atoms with Crippen molar-refractivity contribution in [3.05, 3.63) is 110 Å². The Morgan fingerprint density at radius 1 is 1.02 bits per heavy atom. The molecule has 0 unspecified atom stereocenters. The van der Waals surface area contributed by atoms with Crippen molar-refractivity contribution < 1.29 is 13.9 Å². The molecule has 3 aromatic heterocycles. The predicted molar refractivity (Wildman–Crippen MR) is 182 cm³/mol. The number of hydrogen-bond acceptors (Lipinski definition) is 7. The maximum atomic E-state index is 14.5. The number of hydrogen-bond donors (Lipinski definition) is 2. The molecule has 0 aliphatic heterocycles. The number of nitrogens with zero attached hydrogens (tertiary/aromatic N) is 5. The number of fused-ring (bicyclic) bond motifs is 1. The molecular weight excluding hydrogens is 613 g/mol. The maximum absolute atomic E-state index is 14.5. The fraction of sp³-hybridized carbons (Fsp3) is 0.361. The molecule has 2 aromatic carbocycles. The van der Waals surface area contributed by atoms with Gasteiger partial charge in [-0.15, -0.1) is 0 Å². The van der Waals surface area contributed by atoms with Crippen LogP contribution in [0.15, 0.2) is 76.4 Å². The van der Waals surface area contributed by atoms with Crippen LogP contribution in [0.25, 0.3) is 27.8 Å². The highest BCUT2D eigenvalue weighted by molar-refractivity contribution is 5.92. The molecule has 1 aliphatic rings. The lowest BCUT2D eigenvalue weighted by Crippen LogP contribution is -2.45. The van der Waals surface area contributed by atoms with Gasteiger partial charge in [-0.1, -0.05) is 36.4 Å². The first kappa shape index (κ1) is 33.0. The van der Waals surface area contributed by atoms with Gasteiger partial charge in [-0.3, -0.25) is 18.8 Å². The molecule has 12 heteroatoms. The first-order valence-corrected chi connectivity index (χ1v) is 16.3. The number of methoxy groups -OCH3 is 1. The molecule has 0 bridgehead atoms. The monoisotopic (exact) mass is 653 g/mol. The maximum Gasteiger partial charge on any atom is 0.337 e. The number of halogens is 1. The molecule has 250 valence electrons. The summed E-state index contributed by atoms with van der Waals surface area (Å²) in [5, 5.41) is 10.7. The van der Waals surface area contributed by atoms with Gasteiger partial charge in [0.05, 0.1) is 17.3 Å². The topological polar surface area (TPSA) is 125 Å². The standard InChI is InChI=1S/C36H40FN7O4/c1-23-18-32(41-42(23)2)34(45)40-28-12-14-29(15-13-28)44-35(46)31-20-27(37)22-39-33(31)43(36(44)47)30-7-4-6-26(19-30)25-10-8-24(9-11-25)21-38-16-5-17-48-3/h4,6-11,18-20,22,28-29,38H,5,12-17,21H2,1-3H3,(H,40,45). The number of benzene rings is 2. The minimum absolute atomic E-state index is 0.0308. The number of nitrogens with one attached hydrogen (secondary N) is 2. The van der Waals surface area contributed by atoms with E-state index in [4.69, 9.17) is 4.74 Å². The first-order valence-electron chi connectivity index (χ1n) is 16.3. The normalized spacial score (nSPS) is 16.3. The number of ether oxygens (including phenoxy) is 1. The average molecular weight is 654 g/mol. The Labute approximate surface area is 277 Å². The van der Waals surface area contributed by atoms with E-state index >= 15 is 0 Å². The van der Waals surface area contributed by atoms with Crippen molar-refractivity contribution in [1.82, 2.24) is 34.5 Å². The van der Waals surface area contributed by atoms with Crippen LogP contribution in [-0.4, -0.2) is 56.1 Å². The van der Waals surface area contributed by atoms with Crippen LogP contribution in [0.5, 0.6) is 0 Å². The lowest BCUT2D eigenvalue weighted by atomic mass is 9.90. The average Bonchev–Trinajstić information content (AvgIpc) is 3.44. The van der Waals surface area contributed by atoms with Crippen molar-refractivity contribution >= 4 is 16.9 Å². The summed E-state index contributed by atoms with van der Waals surface area (Å²) in [4.78, 5) is 45.0. The van der Waals surface area contributed by atoms with Crippen molar-refractivity contribution in [3.63, 3.8) is 0 Å². The number of aromatic nitrogens is 5. The van der Waals surface area contributed by atoms with Crippen molar-refractivity contribution in [2.24, 2.45) is 7.05 Å². The van der Waals surface area contributed by atoms with Crippen LogP contribution >= 0.6 is 0 Å². The Bertz CT molecular complexity index is 2020. The summed E-state index contributed by atoms with van der Waals surface area (Å²) < 4.78 is 23.8. The third-order valence-electron chi connectivity index (χ3n) is 9.06. The van der Waals surface area contributed by atoms with Crippen LogP contribution in [0.2, 0.25) is 0 Å². The van der Waals surface area contributed by atoms with Gasteiger partial charge in [0.15, 0.2) is 5.65 Å². The molecule has 0 atom stereocenters. The molecule has 0 radical (unpaired) electrons. The SMILES string of the molecule is COCCCNCc1ccc(-c2cccc(-n3c(=O)n(C4CCC(NC(=O)c5cc(C)n(C)n5)CC4)c(=O)c4cc(F)cnc43)c2)cc1. The summed E-state index contributed by atoms with van der Waals surface area (Å²) in [5.74, 6) is -0.910. The second-order valence-corrected chi connectivity index (χ2v) is 12.4. The van der Waals surface area contributed by atoms with E-state index in [1.54, 1.807) is 31.0 Å². The molecule has 1 aliphatic carbocycles. The van der Waals surface area contributed by atoms with Gasteiger partial charge < -0.3 is 15.4 Å². The third kappa shape index (κ3) is 6.99. The molecule has 5 aromatic rings. The fourth-order valence-corrected chi connectivity index (χ4v) is 6.36. The Kier molecular flexibility index (Phi) is 9.93. The number of amides is 1. The second-order valence-electron chi connectivity index (χ2n) is 12.4. The van der Waals surface area contributed by atoms with Crippen LogP contribution in [0, 0.1) is 12.7 Å². The first-order chi connectivity index (χ1) is 23.2. The van der Waals surface area contributed by atoms with Gasteiger partial charge in [0.25, 0.3) is 11.5 Å². The predicted octanol–water partition coefficient (Wildman–Crippen LogP) is 4.44. The number of rotatable bonds is 11. The van der Waals surface area contributed by atoms with Gasteiger partial charge in [0.2, 0.25) is 0 Å². The van der Waals surface area contributed by atoms with Gasteiger partial charge in [-0.05, 0) is 86.5 Å². The zero-order valence-corrected chi connectivity index (χ0v) is 27.4. The van der Waals surface area contributed by atoms with Crippen LogP contribution in [0.3, 0.4) is 0 Å².